The van der Waals surface area contributed by atoms with Gasteiger partial charge in [0.2, 0.25) is 0 Å². The van der Waals surface area contributed by atoms with Crippen LogP contribution in [0.15, 0.2) is 23.8 Å². The van der Waals surface area contributed by atoms with E-state index < -0.39 is 23.1 Å². The Morgan fingerprint density at radius 1 is 1.27 bits per heavy atom. The average Bonchev–Trinajstić information content (AvgIpc) is 2.88. The monoisotopic (exact) mass is 380 g/mol. The molecule has 0 bridgehead atoms. The minimum Gasteiger partial charge on any atom is -0.447 e. The van der Waals surface area contributed by atoms with E-state index in [4.69, 9.17) is 16.3 Å². The molecule has 144 valence electrons. The zero-order valence-electron chi connectivity index (χ0n) is 15.6. The Hall–Kier alpha value is -0.840. The van der Waals surface area contributed by atoms with Gasteiger partial charge in [0, 0.05) is 10.8 Å². The summed E-state index contributed by atoms with van der Waals surface area (Å²) in [5.41, 5.74) is -0.534. The molecule has 0 aromatic carbocycles. The van der Waals surface area contributed by atoms with E-state index in [2.05, 4.69) is 19.9 Å². The minimum absolute atomic E-state index is 0.0131. The molecule has 0 aromatic heterocycles. The second kappa shape index (κ2) is 6.08. The number of halogens is 1. The number of allylic oxidation sites excluding steroid dienone is 2. The highest BCUT2D eigenvalue weighted by molar-refractivity contribution is 6.17. The Bertz CT molecular complexity index is 673. The van der Waals surface area contributed by atoms with Crippen molar-refractivity contribution in [3.05, 3.63) is 23.8 Å². The van der Waals surface area contributed by atoms with Gasteiger partial charge in [-0.15, -0.1) is 0 Å². The van der Waals surface area contributed by atoms with Crippen LogP contribution in [0.3, 0.4) is 0 Å². The number of carbonyl (C=O) groups excluding carboxylic acids is 1. The van der Waals surface area contributed by atoms with Crippen molar-refractivity contribution in [3.63, 3.8) is 0 Å². The molecule has 4 nitrogen and oxygen atoms in total. The number of hydrogen-bond donors (Lipinski definition) is 2. The lowest BCUT2D eigenvalue weighted by atomic mass is 9.47. The standard InChI is InChI=1S/C21H29ClO4/c1-19-8-5-14(23)11-13(19)3-4-15-16(19)6-9-20(2)17(15)7-10-21(20,25)18(24)26-12-22/h5,8,11,14-17,23,25H,3-4,6-7,9-10,12H2,1-2H3/t14?,15-,16+,17+,19+,20+,21+/m1/s1. The molecule has 3 fully saturated rings. The maximum Gasteiger partial charge on any atom is 0.339 e. The van der Waals surface area contributed by atoms with Gasteiger partial charge in [0.15, 0.2) is 11.7 Å². The molecule has 2 N–H and O–H groups in total. The molecular formula is C21H29ClO4. The van der Waals surface area contributed by atoms with Crippen molar-refractivity contribution in [2.45, 2.75) is 64.1 Å². The quantitative estimate of drug-likeness (QED) is 0.436. The van der Waals surface area contributed by atoms with Gasteiger partial charge in [-0.1, -0.05) is 49.2 Å². The van der Waals surface area contributed by atoms with Crippen molar-refractivity contribution < 1.29 is 19.7 Å². The topological polar surface area (TPSA) is 66.8 Å². The van der Waals surface area contributed by atoms with Crippen molar-refractivity contribution in [1.82, 2.24) is 0 Å². The Morgan fingerprint density at radius 2 is 2.00 bits per heavy atom. The molecule has 26 heavy (non-hydrogen) atoms. The first kappa shape index (κ1) is 18.5. The molecule has 0 aliphatic heterocycles. The van der Waals surface area contributed by atoms with Gasteiger partial charge < -0.3 is 14.9 Å². The number of fused-ring (bicyclic) bond motifs is 5. The summed E-state index contributed by atoms with van der Waals surface area (Å²) in [6, 6.07) is -0.215. The van der Waals surface area contributed by atoms with Crippen LogP contribution in [-0.2, 0) is 9.53 Å². The SMILES string of the molecule is C[C@]12C=CC(O)C=C1CC[C@@H]1[C@@H]2CC[C@@]2(C)[C@H]1CC[C@]2(O)C(=O)OCCl. The van der Waals surface area contributed by atoms with Crippen LogP contribution in [0, 0.1) is 28.6 Å². The van der Waals surface area contributed by atoms with Gasteiger partial charge >= 0.3 is 5.97 Å². The molecule has 0 amide bonds. The van der Waals surface area contributed by atoms with Gasteiger partial charge in [-0.3, -0.25) is 0 Å². The van der Waals surface area contributed by atoms with Gasteiger partial charge in [0.1, 0.15) is 0 Å². The molecule has 4 aliphatic rings. The normalized spacial score (nSPS) is 49.7. The van der Waals surface area contributed by atoms with Crippen LogP contribution in [0.25, 0.3) is 0 Å². The molecule has 0 aromatic rings. The minimum atomic E-state index is -1.42. The Balaban J connectivity index is 1.65. The van der Waals surface area contributed by atoms with Crippen LogP contribution in [0.2, 0.25) is 0 Å². The lowest BCUT2D eigenvalue weighted by molar-refractivity contribution is -0.185. The van der Waals surface area contributed by atoms with Crippen LogP contribution in [0.4, 0.5) is 0 Å². The molecule has 4 aliphatic carbocycles. The number of hydrogen-bond acceptors (Lipinski definition) is 4. The molecule has 0 saturated heterocycles. The molecule has 3 saturated carbocycles. The Morgan fingerprint density at radius 3 is 2.73 bits per heavy atom. The summed E-state index contributed by atoms with van der Waals surface area (Å²) in [6.45, 7) is 4.37. The van der Waals surface area contributed by atoms with Crippen LogP contribution in [0.1, 0.15) is 52.4 Å². The average molecular weight is 381 g/mol. The zero-order valence-corrected chi connectivity index (χ0v) is 16.3. The van der Waals surface area contributed by atoms with Crippen molar-refractivity contribution in [2.75, 3.05) is 6.07 Å². The predicted molar refractivity (Wildman–Crippen MR) is 99.4 cm³/mol. The number of rotatable bonds is 2. The molecule has 0 spiro atoms. The summed E-state index contributed by atoms with van der Waals surface area (Å²) in [5.74, 6) is 0.733. The summed E-state index contributed by atoms with van der Waals surface area (Å²) in [4.78, 5) is 12.5. The van der Waals surface area contributed by atoms with Gasteiger partial charge in [0.05, 0.1) is 6.10 Å². The van der Waals surface area contributed by atoms with Crippen LogP contribution in [0.5, 0.6) is 0 Å². The van der Waals surface area contributed by atoms with Crippen molar-refractivity contribution in [1.29, 1.82) is 0 Å². The van der Waals surface area contributed by atoms with Gasteiger partial charge in [0.25, 0.3) is 0 Å². The predicted octanol–water partition coefficient (Wildman–Crippen LogP) is 3.56. The molecular weight excluding hydrogens is 352 g/mol. The van der Waals surface area contributed by atoms with Gasteiger partial charge in [-0.2, -0.15) is 0 Å². The number of esters is 1. The summed E-state index contributed by atoms with van der Waals surface area (Å²) >= 11 is 5.59. The highest BCUT2D eigenvalue weighted by Crippen LogP contribution is 2.67. The summed E-state index contributed by atoms with van der Waals surface area (Å²) in [5, 5.41) is 21.2. The van der Waals surface area contributed by atoms with Gasteiger partial charge in [-0.25, -0.2) is 4.79 Å². The summed E-state index contributed by atoms with van der Waals surface area (Å²) < 4.78 is 5.02. The third kappa shape index (κ3) is 2.31. The largest absolute Gasteiger partial charge is 0.447 e. The third-order valence-electron chi connectivity index (χ3n) is 8.33. The fourth-order valence-electron chi connectivity index (χ4n) is 6.84. The fourth-order valence-corrected chi connectivity index (χ4v) is 6.94. The molecule has 1 unspecified atom stereocenters. The number of ether oxygens (including phenoxy) is 1. The van der Waals surface area contributed by atoms with Crippen LogP contribution >= 0.6 is 11.6 Å². The molecule has 7 atom stereocenters. The molecule has 4 rings (SSSR count). The van der Waals surface area contributed by atoms with E-state index in [0.717, 1.165) is 32.1 Å². The first-order chi connectivity index (χ1) is 12.3. The van der Waals surface area contributed by atoms with Crippen LogP contribution < -0.4 is 0 Å². The smallest absolute Gasteiger partial charge is 0.339 e. The van der Waals surface area contributed by atoms with Crippen molar-refractivity contribution in [2.24, 2.45) is 28.6 Å². The highest BCUT2D eigenvalue weighted by Gasteiger charge is 2.66. The molecule has 5 heteroatoms. The van der Waals surface area contributed by atoms with E-state index in [1.165, 1.54) is 5.57 Å². The zero-order chi connectivity index (χ0) is 18.7. The number of carbonyl (C=O) groups is 1. The third-order valence-corrected chi connectivity index (χ3v) is 8.44. The number of aliphatic hydroxyl groups is 2. The van der Waals surface area contributed by atoms with Crippen molar-refractivity contribution in [3.8, 4) is 0 Å². The maximum absolute atomic E-state index is 12.5. The maximum atomic E-state index is 12.5. The number of aliphatic hydroxyl groups excluding tert-OH is 1. The van der Waals surface area contributed by atoms with Crippen molar-refractivity contribution >= 4 is 17.6 Å². The van der Waals surface area contributed by atoms with E-state index in [9.17, 15) is 15.0 Å². The van der Waals surface area contributed by atoms with E-state index in [-0.39, 0.29) is 11.5 Å². The first-order valence-corrected chi connectivity index (χ1v) is 10.3. The molecule has 0 radical (unpaired) electrons. The molecule has 0 heterocycles. The lowest BCUT2D eigenvalue weighted by Crippen LogP contribution is -2.57. The second-order valence-electron chi connectivity index (χ2n) is 9.14. The fraction of sp³-hybridized carbons (Fsp3) is 0.762. The number of alkyl halides is 1. The Labute approximate surface area is 160 Å². The van der Waals surface area contributed by atoms with Crippen LogP contribution in [-0.4, -0.2) is 34.0 Å². The van der Waals surface area contributed by atoms with E-state index in [1.54, 1.807) is 0 Å². The highest BCUT2D eigenvalue weighted by atomic mass is 35.5. The van der Waals surface area contributed by atoms with E-state index in [1.807, 2.05) is 12.2 Å². The van der Waals surface area contributed by atoms with E-state index in [0.29, 0.717) is 24.2 Å². The first-order valence-electron chi connectivity index (χ1n) is 9.80. The van der Waals surface area contributed by atoms with E-state index >= 15 is 0 Å². The second-order valence-corrected chi connectivity index (χ2v) is 9.35. The summed E-state index contributed by atoms with van der Waals surface area (Å²) in [7, 11) is 0. The summed E-state index contributed by atoms with van der Waals surface area (Å²) in [6.07, 6.45) is 10.8. The lowest BCUT2D eigenvalue weighted by Gasteiger charge is -2.57. The Kier molecular flexibility index (Phi) is 4.33. The van der Waals surface area contributed by atoms with Gasteiger partial charge in [-0.05, 0) is 56.3 Å².